The van der Waals surface area contributed by atoms with Crippen LogP contribution in [0.25, 0.3) is 11.0 Å². The van der Waals surface area contributed by atoms with Gasteiger partial charge in [-0.3, -0.25) is 4.79 Å². The smallest absolute Gasteiger partial charge is 0.340 e. The van der Waals surface area contributed by atoms with Crippen molar-refractivity contribution in [1.82, 2.24) is 0 Å². The summed E-state index contributed by atoms with van der Waals surface area (Å²) in [4.78, 5) is 25.2. The van der Waals surface area contributed by atoms with Crippen LogP contribution in [0.1, 0.15) is 29.2 Å². The molecule has 1 heterocycles. The molecule has 0 saturated heterocycles. The number of carbonyl (C=O) groups excluding carboxylic acids is 1. The molecular formula is C25H27NO5. The summed E-state index contributed by atoms with van der Waals surface area (Å²) < 4.78 is 11.3. The van der Waals surface area contributed by atoms with E-state index in [4.69, 9.17) is 14.3 Å². The standard InChI is InChI=1S/C25H27NO5/c1-15(2)14-30-22-10-9-20-16(3)21(25(29)31-24(20)17(22)4)13-23(28)26-19-7-5-18(6-8-19)11-12-27/h5-10,27H,1,11-14H2,2-4H3,(H,26,28). The predicted octanol–water partition coefficient (Wildman–Crippen LogP) is 4.08. The SMILES string of the molecule is C=C(C)COc1ccc2c(C)c(CC(=O)Nc3ccc(CCO)cc3)c(=O)oc2c1C. The van der Waals surface area contributed by atoms with Crippen molar-refractivity contribution in [2.24, 2.45) is 0 Å². The lowest BCUT2D eigenvalue weighted by molar-refractivity contribution is -0.115. The van der Waals surface area contributed by atoms with Crippen molar-refractivity contribution >= 4 is 22.6 Å². The topological polar surface area (TPSA) is 88.8 Å². The molecule has 1 amide bonds. The van der Waals surface area contributed by atoms with Crippen molar-refractivity contribution in [2.75, 3.05) is 18.5 Å². The molecule has 0 spiro atoms. The molecule has 0 atom stereocenters. The number of fused-ring (bicyclic) bond motifs is 1. The number of hydrogen-bond acceptors (Lipinski definition) is 5. The van der Waals surface area contributed by atoms with Gasteiger partial charge in [0.1, 0.15) is 17.9 Å². The molecule has 6 heteroatoms. The molecule has 3 rings (SSSR count). The van der Waals surface area contributed by atoms with E-state index in [1.807, 2.05) is 45.0 Å². The molecule has 0 aliphatic heterocycles. The zero-order chi connectivity index (χ0) is 22.5. The zero-order valence-electron chi connectivity index (χ0n) is 18.1. The highest BCUT2D eigenvalue weighted by molar-refractivity contribution is 5.93. The first-order valence-corrected chi connectivity index (χ1v) is 10.1. The van der Waals surface area contributed by atoms with Gasteiger partial charge in [0.15, 0.2) is 0 Å². The van der Waals surface area contributed by atoms with Crippen LogP contribution in [0.5, 0.6) is 5.75 Å². The van der Waals surface area contributed by atoms with E-state index in [0.29, 0.717) is 41.2 Å². The maximum atomic E-state index is 12.7. The summed E-state index contributed by atoms with van der Waals surface area (Å²) in [5.74, 6) is 0.330. The van der Waals surface area contributed by atoms with Crippen LogP contribution < -0.4 is 15.7 Å². The second-order valence-electron chi connectivity index (χ2n) is 7.70. The zero-order valence-corrected chi connectivity index (χ0v) is 18.1. The van der Waals surface area contributed by atoms with Crippen molar-refractivity contribution in [1.29, 1.82) is 0 Å². The van der Waals surface area contributed by atoms with Gasteiger partial charge >= 0.3 is 5.63 Å². The molecule has 0 radical (unpaired) electrons. The van der Waals surface area contributed by atoms with Crippen LogP contribution in [-0.2, 0) is 17.6 Å². The third-order valence-corrected chi connectivity index (χ3v) is 5.10. The molecule has 1 aromatic heterocycles. The monoisotopic (exact) mass is 421 g/mol. The number of rotatable bonds is 8. The minimum Gasteiger partial charge on any atom is -0.489 e. The quantitative estimate of drug-likeness (QED) is 0.423. The fourth-order valence-electron chi connectivity index (χ4n) is 3.38. The highest BCUT2D eigenvalue weighted by atomic mass is 16.5. The lowest BCUT2D eigenvalue weighted by Crippen LogP contribution is -2.20. The lowest BCUT2D eigenvalue weighted by Gasteiger charge is -2.13. The van der Waals surface area contributed by atoms with Crippen LogP contribution in [0.15, 0.2) is 57.8 Å². The van der Waals surface area contributed by atoms with E-state index in [2.05, 4.69) is 11.9 Å². The molecule has 31 heavy (non-hydrogen) atoms. The Morgan fingerprint density at radius 1 is 1.13 bits per heavy atom. The largest absolute Gasteiger partial charge is 0.489 e. The van der Waals surface area contributed by atoms with Gasteiger partial charge < -0.3 is 19.6 Å². The van der Waals surface area contributed by atoms with E-state index < -0.39 is 5.63 Å². The second kappa shape index (κ2) is 9.62. The Morgan fingerprint density at radius 3 is 2.48 bits per heavy atom. The summed E-state index contributed by atoms with van der Waals surface area (Å²) >= 11 is 0. The van der Waals surface area contributed by atoms with Gasteiger partial charge in [-0.05, 0) is 68.2 Å². The Labute approximate surface area is 181 Å². The summed E-state index contributed by atoms with van der Waals surface area (Å²) in [6.07, 6.45) is 0.473. The van der Waals surface area contributed by atoms with Crippen LogP contribution in [0, 0.1) is 13.8 Å². The maximum absolute atomic E-state index is 12.7. The van der Waals surface area contributed by atoms with Gasteiger partial charge in [-0.1, -0.05) is 18.7 Å². The Kier molecular flexibility index (Phi) is 6.92. The van der Waals surface area contributed by atoms with Crippen molar-refractivity contribution in [2.45, 2.75) is 33.6 Å². The van der Waals surface area contributed by atoms with Crippen LogP contribution in [-0.4, -0.2) is 24.2 Å². The second-order valence-corrected chi connectivity index (χ2v) is 7.70. The molecule has 6 nitrogen and oxygen atoms in total. The molecule has 2 aromatic carbocycles. The number of hydrogen-bond donors (Lipinski definition) is 2. The summed E-state index contributed by atoms with van der Waals surface area (Å²) in [5.41, 5.74) is 4.22. The number of ether oxygens (including phenoxy) is 1. The number of aliphatic hydroxyl groups is 1. The summed E-state index contributed by atoms with van der Waals surface area (Å²) in [7, 11) is 0. The molecule has 2 N–H and O–H groups in total. The summed E-state index contributed by atoms with van der Waals surface area (Å²) in [5, 5.41) is 12.6. The number of benzene rings is 2. The minimum absolute atomic E-state index is 0.0731. The van der Waals surface area contributed by atoms with Gasteiger partial charge in [0, 0.05) is 23.2 Å². The summed E-state index contributed by atoms with van der Waals surface area (Å²) in [6.45, 7) is 9.82. The average molecular weight is 421 g/mol. The minimum atomic E-state index is -0.529. The predicted molar refractivity (Wildman–Crippen MR) is 122 cm³/mol. The Bertz CT molecular complexity index is 1180. The third kappa shape index (κ3) is 5.22. The van der Waals surface area contributed by atoms with Crippen LogP contribution in [0.3, 0.4) is 0 Å². The van der Waals surface area contributed by atoms with Crippen LogP contribution in [0.2, 0.25) is 0 Å². The first-order chi connectivity index (χ1) is 14.8. The molecule has 162 valence electrons. The molecular weight excluding hydrogens is 394 g/mol. The number of aliphatic hydroxyl groups excluding tert-OH is 1. The molecule has 0 aliphatic rings. The van der Waals surface area contributed by atoms with Gasteiger partial charge in [0.05, 0.1) is 12.0 Å². The number of nitrogens with one attached hydrogen (secondary N) is 1. The fourth-order valence-corrected chi connectivity index (χ4v) is 3.38. The van der Waals surface area contributed by atoms with Gasteiger partial charge in [0.2, 0.25) is 5.91 Å². The molecule has 3 aromatic rings. The van der Waals surface area contributed by atoms with Gasteiger partial charge in [-0.15, -0.1) is 0 Å². The summed E-state index contributed by atoms with van der Waals surface area (Å²) in [6, 6.07) is 10.9. The van der Waals surface area contributed by atoms with Crippen molar-refractivity contribution in [3.8, 4) is 5.75 Å². The number of aryl methyl sites for hydroxylation is 2. The Balaban J connectivity index is 1.83. The van der Waals surface area contributed by atoms with Crippen LogP contribution in [0.4, 0.5) is 5.69 Å². The van der Waals surface area contributed by atoms with Gasteiger partial charge in [0.25, 0.3) is 0 Å². The number of anilines is 1. The lowest BCUT2D eigenvalue weighted by atomic mass is 10.0. The van der Waals surface area contributed by atoms with Crippen molar-refractivity contribution < 1.29 is 19.1 Å². The third-order valence-electron chi connectivity index (χ3n) is 5.10. The molecule has 0 bridgehead atoms. The number of carbonyl (C=O) groups is 1. The van der Waals surface area contributed by atoms with E-state index in [-0.39, 0.29) is 18.9 Å². The molecule has 0 aliphatic carbocycles. The molecule has 0 saturated carbocycles. The highest BCUT2D eigenvalue weighted by Crippen LogP contribution is 2.29. The fraction of sp³-hybridized carbons (Fsp3) is 0.280. The van der Waals surface area contributed by atoms with E-state index in [1.165, 1.54) is 0 Å². The highest BCUT2D eigenvalue weighted by Gasteiger charge is 2.17. The average Bonchev–Trinajstić information content (AvgIpc) is 2.72. The van der Waals surface area contributed by atoms with Crippen molar-refractivity contribution in [3.63, 3.8) is 0 Å². The molecule has 0 unspecified atom stereocenters. The van der Waals surface area contributed by atoms with Gasteiger partial charge in [-0.25, -0.2) is 4.79 Å². The van der Waals surface area contributed by atoms with Gasteiger partial charge in [-0.2, -0.15) is 0 Å². The van der Waals surface area contributed by atoms with Crippen molar-refractivity contribution in [3.05, 3.63) is 81.2 Å². The number of amides is 1. The van der Waals surface area contributed by atoms with E-state index in [9.17, 15) is 9.59 Å². The molecule has 0 fully saturated rings. The Hall–Kier alpha value is -3.38. The normalized spacial score (nSPS) is 10.8. The maximum Gasteiger partial charge on any atom is 0.340 e. The Morgan fingerprint density at radius 2 is 1.84 bits per heavy atom. The first-order valence-electron chi connectivity index (χ1n) is 10.1. The first kappa shape index (κ1) is 22.3. The van der Waals surface area contributed by atoms with Crippen LogP contribution >= 0.6 is 0 Å². The van der Waals surface area contributed by atoms with E-state index in [0.717, 1.165) is 22.1 Å². The van der Waals surface area contributed by atoms with E-state index in [1.54, 1.807) is 12.1 Å². The van der Waals surface area contributed by atoms with E-state index >= 15 is 0 Å².